The minimum absolute atomic E-state index is 0.0454. The third-order valence-electron chi connectivity index (χ3n) is 2.61. The second-order valence-corrected chi connectivity index (χ2v) is 3.94. The Morgan fingerprint density at radius 2 is 2.32 bits per heavy atom. The van der Waals surface area contributed by atoms with Crippen molar-refractivity contribution in [2.24, 2.45) is 0 Å². The second kappa shape index (κ2) is 4.45. The lowest BCUT2D eigenvalue weighted by Gasteiger charge is -2.18. The van der Waals surface area contributed by atoms with E-state index in [-0.39, 0.29) is 18.4 Å². The van der Waals surface area contributed by atoms with Gasteiger partial charge >= 0.3 is 0 Å². The lowest BCUT2D eigenvalue weighted by molar-refractivity contribution is -0.118. The molecule has 96 valence electrons. The maximum Gasteiger partial charge on any atom is 0.262 e. The Kier molecular flexibility index (Phi) is 2.64. The molecule has 7 heteroatoms. The van der Waals surface area contributed by atoms with Gasteiger partial charge in [0.2, 0.25) is 5.95 Å². The van der Waals surface area contributed by atoms with Gasteiger partial charge in [-0.25, -0.2) is 4.98 Å². The van der Waals surface area contributed by atoms with Crippen LogP contribution in [-0.4, -0.2) is 28.4 Å². The fourth-order valence-corrected chi connectivity index (χ4v) is 1.73. The first-order chi connectivity index (χ1) is 9.22. The number of imidazole rings is 1. The zero-order chi connectivity index (χ0) is 13.2. The highest BCUT2D eigenvalue weighted by atomic mass is 16.5. The van der Waals surface area contributed by atoms with Gasteiger partial charge in [0.15, 0.2) is 6.61 Å². The number of aromatic nitrogens is 2. The molecular weight excluding hydrogens is 248 g/mol. The molecule has 0 fully saturated rings. The number of amides is 2. The molecule has 1 aromatic carbocycles. The third kappa shape index (κ3) is 2.25. The van der Waals surface area contributed by atoms with Crippen LogP contribution in [0.5, 0.6) is 5.75 Å². The number of carbonyl (C=O) groups is 2. The Morgan fingerprint density at radius 1 is 1.42 bits per heavy atom. The van der Waals surface area contributed by atoms with Crippen LogP contribution in [-0.2, 0) is 4.79 Å². The van der Waals surface area contributed by atoms with Gasteiger partial charge in [0.1, 0.15) is 5.75 Å². The van der Waals surface area contributed by atoms with Crippen molar-refractivity contribution in [3.05, 3.63) is 36.2 Å². The van der Waals surface area contributed by atoms with Crippen molar-refractivity contribution in [1.29, 1.82) is 0 Å². The molecule has 1 aliphatic heterocycles. The highest BCUT2D eigenvalue weighted by molar-refractivity contribution is 6.04. The number of H-pyrrole nitrogens is 1. The zero-order valence-corrected chi connectivity index (χ0v) is 9.77. The van der Waals surface area contributed by atoms with E-state index in [0.29, 0.717) is 22.9 Å². The molecule has 2 aromatic rings. The summed E-state index contributed by atoms with van der Waals surface area (Å²) in [5.41, 5.74) is 0.983. The largest absolute Gasteiger partial charge is 0.482 e. The van der Waals surface area contributed by atoms with Gasteiger partial charge in [0.25, 0.3) is 11.8 Å². The molecule has 3 rings (SSSR count). The molecule has 1 aliphatic rings. The van der Waals surface area contributed by atoms with Crippen LogP contribution in [0.3, 0.4) is 0 Å². The van der Waals surface area contributed by atoms with Crippen molar-refractivity contribution in [2.45, 2.75) is 0 Å². The minimum atomic E-state index is -0.307. The van der Waals surface area contributed by atoms with Crippen LogP contribution >= 0.6 is 0 Å². The van der Waals surface area contributed by atoms with Crippen LogP contribution in [0.15, 0.2) is 30.6 Å². The molecule has 19 heavy (non-hydrogen) atoms. The minimum Gasteiger partial charge on any atom is -0.482 e. The summed E-state index contributed by atoms with van der Waals surface area (Å²) in [6.45, 7) is -0.0454. The zero-order valence-electron chi connectivity index (χ0n) is 9.77. The van der Waals surface area contributed by atoms with E-state index < -0.39 is 0 Å². The predicted molar refractivity (Wildman–Crippen MR) is 67.1 cm³/mol. The number of carbonyl (C=O) groups excluding carboxylic acids is 2. The first kappa shape index (κ1) is 11.3. The molecule has 0 saturated heterocycles. The maximum absolute atomic E-state index is 11.9. The predicted octanol–water partition coefficient (Wildman–Crippen LogP) is 0.993. The van der Waals surface area contributed by atoms with Crippen LogP contribution in [0.25, 0.3) is 0 Å². The molecule has 0 saturated carbocycles. The van der Waals surface area contributed by atoms with Crippen LogP contribution in [0.1, 0.15) is 10.4 Å². The number of nitrogens with zero attached hydrogens (tertiary/aromatic N) is 1. The Balaban J connectivity index is 1.82. The first-order valence-corrected chi connectivity index (χ1v) is 5.60. The molecule has 2 amide bonds. The van der Waals surface area contributed by atoms with Crippen molar-refractivity contribution >= 4 is 23.5 Å². The number of hydrogen-bond acceptors (Lipinski definition) is 4. The van der Waals surface area contributed by atoms with E-state index in [9.17, 15) is 9.59 Å². The number of anilines is 2. The molecule has 0 atom stereocenters. The average Bonchev–Trinajstić information content (AvgIpc) is 2.91. The standard InChI is InChI=1S/C12H10N4O3/c17-10-6-19-9-5-7(1-2-8(9)15-10)11(18)16-12-13-3-4-14-12/h1-5H,6H2,(H,15,17)(H2,13,14,16,18). The normalized spacial score (nSPS) is 13.2. The van der Waals surface area contributed by atoms with E-state index in [1.165, 1.54) is 0 Å². The Bertz CT molecular complexity index is 636. The fourth-order valence-electron chi connectivity index (χ4n) is 1.73. The monoisotopic (exact) mass is 258 g/mol. The van der Waals surface area contributed by atoms with Crippen LogP contribution in [0.2, 0.25) is 0 Å². The number of rotatable bonds is 2. The van der Waals surface area contributed by atoms with Crippen LogP contribution < -0.4 is 15.4 Å². The summed E-state index contributed by atoms with van der Waals surface area (Å²) in [4.78, 5) is 29.8. The molecule has 0 aliphatic carbocycles. The maximum atomic E-state index is 11.9. The average molecular weight is 258 g/mol. The molecule has 7 nitrogen and oxygen atoms in total. The number of aromatic amines is 1. The highest BCUT2D eigenvalue weighted by Gasteiger charge is 2.18. The van der Waals surface area contributed by atoms with Gasteiger partial charge in [0.05, 0.1) is 5.69 Å². The Morgan fingerprint density at radius 3 is 3.11 bits per heavy atom. The van der Waals surface area contributed by atoms with E-state index in [4.69, 9.17) is 4.74 Å². The van der Waals surface area contributed by atoms with E-state index in [0.717, 1.165) is 0 Å². The number of fused-ring (bicyclic) bond motifs is 1. The summed E-state index contributed by atoms with van der Waals surface area (Å²) in [6.07, 6.45) is 3.15. The quantitative estimate of drug-likeness (QED) is 0.748. The topological polar surface area (TPSA) is 96.1 Å². The summed E-state index contributed by atoms with van der Waals surface area (Å²) < 4.78 is 5.25. The molecule has 2 heterocycles. The summed E-state index contributed by atoms with van der Waals surface area (Å²) in [5, 5.41) is 5.26. The van der Waals surface area contributed by atoms with Gasteiger partial charge in [-0.3, -0.25) is 14.9 Å². The van der Waals surface area contributed by atoms with E-state index in [2.05, 4.69) is 20.6 Å². The van der Waals surface area contributed by atoms with Crippen molar-refractivity contribution in [1.82, 2.24) is 9.97 Å². The lowest BCUT2D eigenvalue weighted by atomic mass is 10.1. The molecule has 0 spiro atoms. The molecular formula is C12H10N4O3. The molecule has 3 N–H and O–H groups in total. The van der Waals surface area contributed by atoms with Gasteiger partial charge in [0, 0.05) is 18.0 Å². The number of benzene rings is 1. The van der Waals surface area contributed by atoms with Gasteiger partial charge in [-0.1, -0.05) is 0 Å². The summed E-state index contributed by atoms with van der Waals surface area (Å²) in [7, 11) is 0. The Labute approximate surface area is 108 Å². The molecule has 0 bridgehead atoms. The third-order valence-corrected chi connectivity index (χ3v) is 2.61. The fraction of sp³-hybridized carbons (Fsp3) is 0.0833. The summed E-state index contributed by atoms with van der Waals surface area (Å²) >= 11 is 0. The smallest absolute Gasteiger partial charge is 0.262 e. The van der Waals surface area contributed by atoms with Gasteiger partial charge in [-0.2, -0.15) is 0 Å². The van der Waals surface area contributed by atoms with E-state index in [1.54, 1.807) is 30.6 Å². The van der Waals surface area contributed by atoms with Gasteiger partial charge < -0.3 is 15.0 Å². The number of ether oxygens (including phenoxy) is 1. The van der Waals surface area contributed by atoms with Crippen LogP contribution in [0, 0.1) is 0 Å². The van der Waals surface area contributed by atoms with Gasteiger partial charge in [-0.05, 0) is 18.2 Å². The first-order valence-electron chi connectivity index (χ1n) is 5.60. The lowest BCUT2D eigenvalue weighted by Crippen LogP contribution is -2.25. The van der Waals surface area contributed by atoms with Crippen LogP contribution in [0.4, 0.5) is 11.6 Å². The van der Waals surface area contributed by atoms with Crippen molar-refractivity contribution in [2.75, 3.05) is 17.2 Å². The van der Waals surface area contributed by atoms with Crippen molar-refractivity contribution in [3.63, 3.8) is 0 Å². The SMILES string of the molecule is O=C1COc2cc(C(=O)Nc3ncc[nH]3)ccc2N1. The highest BCUT2D eigenvalue weighted by Crippen LogP contribution is 2.28. The van der Waals surface area contributed by atoms with Crippen molar-refractivity contribution < 1.29 is 14.3 Å². The summed E-state index contributed by atoms with van der Waals surface area (Å²) in [6, 6.07) is 4.81. The second-order valence-electron chi connectivity index (χ2n) is 3.94. The van der Waals surface area contributed by atoms with Gasteiger partial charge in [-0.15, -0.1) is 0 Å². The Hall–Kier alpha value is -2.83. The number of nitrogens with one attached hydrogen (secondary N) is 3. The molecule has 1 aromatic heterocycles. The molecule has 0 radical (unpaired) electrons. The molecule has 0 unspecified atom stereocenters. The van der Waals surface area contributed by atoms with E-state index in [1.807, 2.05) is 0 Å². The summed E-state index contributed by atoms with van der Waals surface area (Å²) in [5.74, 6) is 0.335. The van der Waals surface area contributed by atoms with Crippen molar-refractivity contribution in [3.8, 4) is 5.75 Å². The van der Waals surface area contributed by atoms with E-state index >= 15 is 0 Å². The number of hydrogen-bond donors (Lipinski definition) is 3.